The topological polar surface area (TPSA) is 70.7 Å². The average molecular weight is 283 g/mol. The van der Waals surface area contributed by atoms with Crippen molar-refractivity contribution in [3.05, 3.63) is 0 Å². The number of carbonyl (C=O) groups excluding carboxylic acids is 2. The van der Waals surface area contributed by atoms with E-state index in [1.807, 2.05) is 11.8 Å². The Morgan fingerprint density at radius 3 is 2.50 bits per heavy atom. The molecule has 0 radical (unpaired) electrons. The average Bonchev–Trinajstić information content (AvgIpc) is 2.43. The van der Waals surface area contributed by atoms with Gasteiger partial charge in [0.25, 0.3) is 0 Å². The molecule has 2 aliphatic rings. The molecule has 2 N–H and O–H groups in total. The fourth-order valence-corrected chi connectivity index (χ4v) is 2.55. The van der Waals surface area contributed by atoms with Crippen molar-refractivity contribution < 1.29 is 14.3 Å². The van der Waals surface area contributed by atoms with Gasteiger partial charge >= 0.3 is 0 Å². The number of likely N-dealkylation sites (tertiary alicyclic amines) is 1. The molecule has 6 nitrogen and oxygen atoms in total. The van der Waals surface area contributed by atoms with Crippen molar-refractivity contribution in [1.82, 2.24) is 15.5 Å². The van der Waals surface area contributed by atoms with Crippen molar-refractivity contribution in [1.29, 1.82) is 0 Å². The van der Waals surface area contributed by atoms with Gasteiger partial charge < -0.3 is 20.3 Å². The molecule has 114 valence electrons. The number of nitrogens with zero attached hydrogens (tertiary/aromatic N) is 1. The maximum Gasteiger partial charge on any atom is 0.246 e. The molecule has 2 amide bonds. The zero-order chi connectivity index (χ0) is 14.6. The molecule has 0 aromatic carbocycles. The molecule has 2 aliphatic heterocycles. The van der Waals surface area contributed by atoms with Crippen LogP contribution in [0.15, 0.2) is 0 Å². The van der Waals surface area contributed by atoms with E-state index in [1.54, 1.807) is 6.92 Å². The Morgan fingerprint density at radius 1 is 1.30 bits per heavy atom. The summed E-state index contributed by atoms with van der Waals surface area (Å²) in [5.74, 6) is -0.217. The van der Waals surface area contributed by atoms with Crippen LogP contribution in [-0.2, 0) is 14.3 Å². The van der Waals surface area contributed by atoms with Gasteiger partial charge in [-0.1, -0.05) is 0 Å². The largest absolute Gasteiger partial charge is 0.363 e. The molecule has 0 aliphatic carbocycles. The Morgan fingerprint density at radius 2 is 1.95 bits per heavy atom. The Balaban J connectivity index is 1.70. The summed E-state index contributed by atoms with van der Waals surface area (Å²) in [6.45, 7) is 6.86. The van der Waals surface area contributed by atoms with Crippen LogP contribution in [0.5, 0.6) is 0 Å². The molecule has 2 rings (SSSR count). The number of rotatable bonds is 5. The molecule has 0 aromatic rings. The van der Waals surface area contributed by atoms with E-state index in [9.17, 15) is 9.59 Å². The van der Waals surface area contributed by atoms with E-state index in [-0.39, 0.29) is 24.0 Å². The summed E-state index contributed by atoms with van der Waals surface area (Å²) >= 11 is 0. The molecule has 1 atom stereocenters. The number of piperidine rings is 1. The summed E-state index contributed by atoms with van der Waals surface area (Å²) in [5.41, 5.74) is -0.239. The third-order valence-corrected chi connectivity index (χ3v) is 3.97. The third kappa shape index (κ3) is 3.93. The standard InChI is InChI=1S/C14H25N3O3/c1-11(13(19)17-6-4-3-5-7-17)16-12(18)8-20-14(2)9-15-10-14/h11,15H,3-10H2,1-2H3,(H,16,18). The van der Waals surface area contributed by atoms with Crippen LogP contribution in [-0.4, -0.2) is 61.1 Å². The first kappa shape index (κ1) is 15.3. The highest BCUT2D eigenvalue weighted by molar-refractivity contribution is 5.87. The summed E-state index contributed by atoms with van der Waals surface area (Å²) in [7, 11) is 0. The first-order valence-electron chi connectivity index (χ1n) is 7.43. The van der Waals surface area contributed by atoms with Gasteiger partial charge in [0.1, 0.15) is 12.6 Å². The van der Waals surface area contributed by atoms with Crippen molar-refractivity contribution >= 4 is 11.8 Å². The van der Waals surface area contributed by atoms with Crippen LogP contribution < -0.4 is 10.6 Å². The SMILES string of the molecule is CC(NC(=O)COC1(C)CNC1)C(=O)N1CCCCC1. The summed E-state index contributed by atoms with van der Waals surface area (Å²) in [5, 5.41) is 5.83. The fourth-order valence-electron chi connectivity index (χ4n) is 2.55. The van der Waals surface area contributed by atoms with E-state index >= 15 is 0 Å². The lowest BCUT2D eigenvalue weighted by molar-refractivity contribution is -0.141. The lowest BCUT2D eigenvalue weighted by Gasteiger charge is -2.38. The van der Waals surface area contributed by atoms with Crippen molar-refractivity contribution in [2.45, 2.75) is 44.8 Å². The second-order valence-corrected chi connectivity index (χ2v) is 6.02. The van der Waals surface area contributed by atoms with E-state index in [2.05, 4.69) is 10.6 Å². The highest BCUT2D eigenvalue weighted by Crippen LogP contribution is 2.14. The number of hydrogen-bond donors (Lipinski definition) is 2. The minimum atomic E-state index is -0.475. The Hall–Kier alpha value is -1.14. The molecule has 2 fully saturated rings. The molecule has 6 heteroatoms. The van der Waals surface area contributed by atoms with Crippen LogP contribution in [0.2, 0.25) is 0 Å². The molecule has 2 heterocycles. The zero-order valence-electron chi connectivity index (χ0n) is 12.4. The maximum absolute atomic E-state index is 12.2. The highest BCUT2D eigenvalue weighted by Gasteiger charge is 2.33. The number of hydrogen-bond acceptors (Lipinski definition) is 4. The van der Waals surface area contributed by atoms with Gasteiger partial charge in [-0.15, -0.1) is 0 Å². The molecular weight excluding hydrogens is 258 g/mol. The molecule has 1 unspecified atom stereocenters. The lowest BCUT2D eigenvalue weighted by Crippen LogP contribution is -2.60. The lowest BCUT2D eigenvalue weighted by atomic mass is 10.0. The van der Waals surface area contributed by atoms with Crippen molar-refractivity contribution in [2.24, 2.45) is 0 Å². The Labute approximate surface area is 120 Å². The molecule has 2 saturated heterocycles. The normalized spacial score (nSPS) is 22.8. The van der Waals surface area contributed by atoms with Crippen molar-refractivity contribution in [2.75, 3.05) is 32.8 Å². The number of nitrogens with one attached hydrogen (secondary N) is 2. The fraction of sp³-hybridized carbons (Fsp3) is 0.857. The van der Waals surface area contributed by atoms with Crippen LogP contribution in [0, 0.1) is 0 Å². The minimum Gasteiger partial charge on any atom is -0.363 e. The first-order chi connectivity index (χ1) is 9.50. The smallest absolute Gasteiger partial charge is 0.246 e. The van der Waals surface area contributed by atoms with E-state index in [0.29, 0.717) is 0 Å². The third-order valence-electron chi connectivity index (χ3n) is 3.97. The predicted octanol–water partition coefficient (Wildman–Crippen LogP) is -0.118. The molecule has 0 spiro atoms. The highest BCUT2D eigenvalue weighted by atomic mass is 16.5. The van der Waals surface area contributed by atoms with Gasteiger partial charge in [0.2, 0.25) is 11.8 Å². The van der Waals surface area contributed by atoms with Crippen LogP contribution in [0.3, 0.4) is 0 Å². The van der Waals surface area contributed by atoms with Gasteiger partial charge in [-0.3, -0.25) is 9.59 Å². The van der Waals surface area contributed by atoms with Crippen LogP contribution in [0.4, 0.5) is 0 Å². The van der Waals surface area contributed by atoms with Gasteiger partial charge in [-0.05, 0) is 33.1 Å². The van der Waals surface area contributed by atoms with E-state index in [0.717, 1.165) is 39.0 Å². The van der Waals surface area contributed by atoms with Gasteiger partial charge in [-0.2, -0.15) is 0 Å². The van der Waals surface area contributed by atoms with E-state index in [4.69, 9.17) is 4.74 Å². The summed E-state index contributed by atoms with van der Waals surface area (Å²) < 4.78 is 5.55. The van der Waals surface area contributed by atoms with Crippen LogP contribution in [0.25, 0.3) is 0 Å². The first-order valence-corrected chi connectivity index (χ1v) is 7.43. The monoisotopic (exact) mass is 283 g/mol. The molecular formula is C14H25N3O3. The molecule has 0 bridgehead atoms. The molecule has 20 heavy (non-hydrogen) atoms. The van der Waals surface area contributed by atoms with Crippen molar-refractivity contribution in [3.63, 3.8) is 0 Å². The summed E-state index contributed by atoms with van der Waals surface area (Å²) in [4.78, 5) is 25.8. The van der Waals surface area contributed by atoms with Crippen LogP contribution in [0.1, 0.15) is 33.1 Å². The second kappa shape index (κ2) is 6.54. The van der Waals surface area contributed by atoms with E-state index < -0.39 is 6.04 Å². The van der Waals surface area contributed by atoms with Gasteiger partial charge in [-0.25, -0.2) is 0 Å². The van der Waals surface area contributed by atoms with Gasteiger partial charge in [0.15, 0.2) is 0 Å². The van der Waals surface area contributed by atoms with Gasteiger partial charge in [0.05, 0.1) is 5.60 Å². The Kier molecular flexibility index (Phi) is 4.99. The second-order valence-electron chi connectivity index (χ2n) is 6.02. The zero-order valence-corrected chi connectivity index (χ0v) is 12.4. The summed E-state index contributed by atoms with van der Waals surface area (Å²) in [6, 6.07) is -0.475. The summed E-state index contributed by atoms with van der Waals surface area (Å²) in [6.07, 6.45) is 3.30. The van der Waals surface area contributed by atoms with Crippen LogP contribution >= 0.6 is 0 Å². The number of amides is 2. The number of carbonyl (C=O) groups is 2. The number of ether oxygens (including phenoxy) is 1. The van der Waals surface area contributed by atoms with Gasteiger partial charge in [0, 0.05) is 26.2 Å². The minimum absolute atomic E-state index is 0.00886. The van der Waals surface area contributed by atoms with E-state index in [1.165, 1.54) is 6.42 Å². The molecule has 0 saturated carbocycles. The molecule has 0 aromatic heterocycles. The van der Waals surface area contributed by atoms with Crippen molar-refractivity contribution in [3.8, 4) is 0 Å². The Bertz CT molecular complexity index is 363. The predicted molar refractivity (Wildman–Crippen MR) is 75.3 cm³/mol. The quantitative estimate of drug-likeness (QED) is 0.738. The maximum atomic E-state index is 12.2.